The Hall–Kier alpha value is -1.70. The number of carbonyl (C=O) groups is 1. The summed E-state index contributed by atoms with van der Waals surface area (Å²) in [5.74, 6) is -0.00823. The average Bonchev–Trinajstić information content (AvgIpc) is 3.04. The number of hydrogen-bond acceptors (Lipinski definition) is 5. The summed E-state index contributed by atoms with van der Waals surface area (Å²) in [4.78, 5) is 12.1. The first kappa shape index (κ1) is 17.1. The minimum absolute atomic E-state index is 0.134. The van der Waals surface area contributed by atoms with Gasteiger partial charge >= 0.3 is 5.97 Å². The smallest absolute Gasteiger partial charge is 0.340 e. The van der Waals surface area contributed by atoms with Gasteiger partial charge in [0, 0.05) is 14.5 Å². The number of rotatable bonds is 4. The summed E-state index contributed by atoms with van der Waals surface area (Å²) in [5, 5.41) is 8.12. The highest BCUT2D eigenvalue weighted by atomic mass is 79.9. The maximum atomic E-state index is 12.1. The van der Waals surface area contributed by atoms with Crippen LogP contribution in [0, 0.1) is 0 Å². The average molecular weight is 473 g/mol. The van der Waals surface area contributed by atoms with Crippen molar-refractivity contribution in [1.29, 1.82) is 0 Å². The molecule has 122 valence electrons. The molecule has 2 aromatic carbocycles. The quantitative estimate of drug-likeness (QED) is 0.484. The van der Waals surface area contributed by atoms with E-state index in [1.807, 2.05) is 24.3 Å². The van der Waals surface area contributed by atoms with E-state index in [1.54, 1.807) is 18.2 Å². The molecule has 0 spiro atoms. The van der Waals surface area contributed by atoms with Crippen LogP contribution in [0.25, 0.3) is 11.5 Å². The molecule has 24 heavy (non-hydrogen) atoms. The van der Waals surface area contributed by atoms with Crippen LogP contribution in [-0.4, -0.2) is 16.2 Å². The fourth-order valence-electron chi connectivity index (χ4n) is 1.88. The zero-order chi connectivity index (χ0) is 17.1. The first-order valence-electron chi connectivity index (χ1n) is 6.73. The SMILES string of the molecule is O=C(OCc1nnc(-c2ccc(Br)cc2)o1)c1cc(Br)ccc1Cl. The number of esters is 1. The first-order chi connectivity index (χ1) is 11.5. The normalized spacial score (nSPS) is 10.6. The fraction of sp³-hybridized carbons (Fsp3) is 0.0625. The molecule has 0 fully saturated rings. The predicted molar refractivity (Wildman–Crippen MR) is 95.7 cm³/mol. The minimum Gasteiger partial charge on any atom is -0.452 e. The second kappa shape index (κ2) is 7.46. The van der Waals surface area contributed by atoms with Crippen LogP contribution in [0.1, 0.15) is 16.2 Å². The van der Waals surface area contributed by atoms with E-state index in [0.717, 1.165) is 14.5 Å². The molecule has 1 heterocycles. The van der Waals surface area contributed by atoms with Crippen LogP contribution in [-0.2, 0) is 11.3 Å². The van der Waals surface area contributed by atoms with Gasteiger partial charge in [-0.05, 0) is 42.5 Å². The predicted octanol–water partition coefficient (Wildman–Crippen LogP) is 5.27. The molecule has 0 saturated carbocycles. The van der Waals surface area contributed by atoms with Crippen LogP contribution in [0.5, 0.6) is 0 Å². The number of ether oxygens (including phenoxy) is 1. The molecule has 0 N–H and O–H groups in total. The maximum Gasteiger partial charge on any atom is 0.340 e. The summed E-state index contributed by atoms with van der Waals surface area (Å²) >= 11 is 12.6. The van der Waals surface area contributed by atoms with Crippen LogP contribution in [0.4, 0.5) is 0 Å². The maximum absolute atomic E-state index is 12.1. The van der Waals surface area contributed by atoms with E-state index >= 15 is 0 Å². The summed E-state index contributed by atoms with van der Waals surface area (Å²) in [6, 6.07) is 12.4. The summed E-state index contributed by atoms with van der Waals surface area (Å²) in [5.41, 5.74) is 1.04. The lowest BCUT2D eigenvalue weighted by molar-refractivity contribution is 0.0439. The standard InChI is InChI=1S/C16H9Br2ClN2O3/c17-10-3-1-9(2-4-10)15-21-20-14(24-15)8-23-16(22)12-7-11(18)5-6-13(12)19/h1-7H,8H2. The monoisotopic (exact) mass is 470 g/mol. The molecule has 3 rings (SSSR count). The van der Waals surface area contributed by atoms with Crippen molar-refractivity contribution in [2.75, 3.05) is 0 Å². The second-order valence-corrected chi connectivity index (χ2v) is 6.95. The van der Waals surface area contributed by atoms with Crippen LogP contribution < -0.4 is 0 Å². The van der Waals surface area contributed by atoms with E-state index in [0.29, 0.717) is 10.9 Å². The van der Waals surface area contributed by atoms with Crippen molar-refractivity contribution in [2.24, 2.45) is 0 Å². The topological polar surface area (TPSA) is 65.2 Å². The van der Waals surface area contributed by atoms with E-state index in [9.17, 15) is 4.79 Å². The largest absolute Gasteiger partial charge is 0.452 e. The highest BCUT2D eigenvalue weighted by Crippen LogP contribution is 2.23. The molecule has 0 amide bonds. The van der Waals surface area contributed by atoms with Gasteiger partial charge in [0.15, 0.2) is 6.61 Å². The summed E-state index contributed by atoms with van der Waals surface area (Å²) in [6.45, 7) is -0.134. The lowest BCUT2D eigenvalue weighted by atomic mass is 10.2. The van der Waals surface area contributed by atoms with Crippen LogP contribution >= 0.6 is 43.5 Å². The van der Waals surface area contributed by atoms with Crippen LogP contribution in [0.15, 0.2) is 55.8 Å². The van der Waals surface area contributed by atoms with E-state index in [4.69, 9.17) is 20.8 Å². The van der Waals surface area contributed by atoms with Crippen LogP contribution in [0.3, 0.4) is 0 Å². The van der Waals surface area contributed by atoms with Crippen LogP contribution in [0.2, 0.25) is 5.02 Å². The van der Waals surface area contributed by atoms with Gasteiger partial charge in [0.2, 0.25) is 5.89 Å². The molecular weight excluding hydrogens is 463 g/mol. The second-order valence-electron chi connectivity index (χ2n) is 4.71. The molecule has 5 nitrogen and oxygen atoms in total. The summed E-state index contributed by atoms with van der Waals surface area (Å²) in [6.07, 6.45) is 0. The third kappa shape index (κ3) is 4.03. The number of nitrogens with zero attached hydrogens (tertiary/aromatic N) is 2. The van der Waals surface area contributed by atoms with E-state index in [2.05, 4.69) is 42.1 Å². The number of aromatic nitrogens is 2. The number of benzene rings is 2. The number of carbonyl (C=O) groups excluding carboxylic acids is 1. The first-order valence-corrected chi connectivity index (χ1v) is 8.70. The Kier molecular flexibility index (Phi) is 5.33. The van der Waals surface area contributed by atoms with Crippen molar-refractivity contribution in [1.82, 2.24) is 10.2 Å². The van der Waals surface area contributed by atoms with Gasteiger partial charge in [-0.1, -0.05) is 43.5 Å². The number of hydrogen-bond donors (Lipinski definition) is 0. The molecule has 0 unspecified atom stereocenters. The Labute approximate surface area is 159 Å². The van der Waals surface area contributed by atoms with Crippen molar-refractivity contribution in [3.63, 3.8) is 0 Å². The molecular formula is C16H9Br2ClN2O3. The van der Waals surface area contributed by atoms with Crippen molar-refractivity contribution < 1.29 is 13.9 Å². The molecule has 0 aliphatic rings. The number of halogens is 3. The van der Waals surface area contributed by atoms with E-state index < -0.39 is 5.97 Å². The Bertz CT molecular complexity index is 881. The van der Waals surface area contributed by atoms with Crippen molar-refractivity contribution in [3.8, 4) is 11.5 Å². The zero-order valence-electron chi connectivity index (χ0n) is 12.0. The van der Waals surface area contributed by atoms with Gasteiger partial charge in [0.25, 0.3) is 5.89 Å². The Morgan fingerprint density at radius 1 is 1.08 bits per heavy atom. The molecule has 0 aliphatic heterocycles. The molecule has 0 aliphatic carbocycles. The van der Waals surface area contributed by atoms with E-state index in [-0.39, 0.29) is 18.1 Å². The highest BCUT2D eigenvalue weighted by molar-refractivity contribution is 9.10. The Morgan fingerprint density at radius 3 is 2.54 bits per heavy atom. The molecule has 3 aromatic rings. The minimum atomic E-state index is -0.565. The van der Waals surface area contributed by atoms with Gasteiger partial charge in [-0.3, -0.25) is 0 Å². The zero-order valence-corrected chi connectivity index (χ0v) is 15.9. The van der Waals surface area contributed by atoms with E-state index in [1.165, 1.54) is 0 Å². The summed E-state index contributed by atoms with van der Waals surface area (Å²) < 4.78 is 12.3. The third-order valence-corrected chi connectivity index (χ3v) is 4.38. The lowest BCUT2D eigenvalue weighted by Crippen LogP contribution is -2.06. The van der Waals surface area contributed by atoms with Gasteiger partial charge in [-0.2, -0.15) is 0 Å². The van der Waals surface area contributed by atoms with Crippen molar-refractivity contribution in [3.05, 3.63) is 67.9 Å². The molecule has 0 bridgehead atoms. The molecule has 0 radical (unpaired) electrons. The molecule has 0 atom stereocenters. The molecule has 0 saturated heterocycles. The van der Waals surface area contributed by atoms with Gasteiger partial charge in [-0.25, -0.2) is 4.79 Å². The lowest BCUT2D eigenvalue weighted by Gasteiger charge is -2.04. The van der Waals surface area contributed by atoms with Gasteiger partial charge in [0.1, 0.15) is 0 Å². The molecule has 1 aromatic heterocycles. The third-order valence-electron chi connectivity index (χ3n) is 3.03. The fourth-order valence-corrected chi connectivity index (χ4v) is 2.70. The van der Waals surface area contributed by atoms with Crippen molar-refractivity contribution in [2.45, 2.75) is 6.61 Å². The van der Waals surface area contributed by atoms with Gasteiger partial charge in [0.05, 0.1) is 10.6 Å². The van der Waals surface area contributed by atoms with Gasteiger partial charge < -0.3 is 9.15 Å². The van der Waals surface area contributed by atoms with Gasteiger partial charge in [-0.15, -0.1) is 10.2 Å². The van der Waals surface area contributed by atoms with Crippen molar-refractivity contribution >= 4 is 49.4 Å². The Balaban J connectivity index is 1.68. The summed E-state index contributed by atoms with van der Waals surface area (Å²) in [7, 11) is 0. The highest BCUT2D eigenvalue weighted by Gasteiger charge is 2.15. The molecule has 8 heteroatoms. The Morgan fingerprint density at radius 2 is 1.79 bits per heavy atom.